The maximum Gasteiger partial charge on any atom is 0.330 e. The van der Waals surface area contributed by atoms with Crippen molar-refractivity contribution < 1.29 is 4.79 Å². The predicted molar refractivity (Wildman–Crippen MR) is 64.4 cm³/mol. The lowest BCUT2D eigenvalue weighted by molar-refractivity contribution is 0.0968. The number of H-pyrrole nitrogens is 1. The third-order valence-corrected chi connectivity index (χ3v) is 2.49. The second-order valence-electron chi connectivity index (χ2n) is 3.84. The number of ketones is 1. The van der Waals surface area contributed by atoms with Gasteiger partial charge in [-0.25, -0.2) is 4.79 Å². The van der Waals surface area contributed by atoms with Crippen LogP contribution >= 0.6 is 0 Å². The van der Waals surface area contributed by atoms with Crippen LogP contribution in [0.25, 0.3) is 5.69 Å². The van der Waals surface area contributed by atoms with E-state index in [1.807, 2.05) is 0 Å². The monoisotopic (exact) mass is 231 g/mol. The summed E-state index contributed by atoms with van der Waals surface area (Å²) >= 11 is 0. The van der Waals surface area contributed by atoms with Crippen LogP contribution in [0.4, 0.5) is 0 Å². The van der Waals surface area contributed by atoms with Gasteiger partial charge < -0.3 is 10.7 Å². The number of nitrogens with two attached hydrogens (primary N) is 1. The molecule has 0 bridgehead atoms. The van der Waals surface area contributed by atoms with E-state index < -0.39 is 6.04 Å². The molecule has 17 heavy (non-hydrogen) atoms. The van der Waals surface area contributed by atoms with Crippen molar-refractivity contribution in [3.8, 4) is 5.69 Å². The summed E-state index contributed by atoms with van der Waals surface area (Å²) in [5.74, 6) is -0.113. The average molecular weight is 231 g/mol. The zero-order valence-electron chi connectivity index (χ0n) is 9.38. The number of aromatic amines is 1. The molecule has 1 unspecified atom stereocenters. The van der Waals surface area contributed by atoms with Crippen molar-refractivity contribution in [3.63, 3.8) is 0 Å². The molecular weight excluding hydrogens is 218 g/mol. The molecule has 0 spiro atoms. The molecule has 1 atom stereocenters. The normalized spacial score (nSPS) is 12.4. The maximum atomic E-state index is 11.6. The number of nitrogens with one attached hydrogen (secondary N) is 1. The second-order valence-corrected chi connectivity index (χ2v) is 3.84. The number of imidazole rings is 1. The van der Waals surface area contributed by atoms with E-state index in [1.165, 1.54) is 4.57 Å². The first-order valence-electron chi connectivity index (χ1n) is 5.26. The molecule has 0 radical (unpaired) electrons. The minimum atomic E-state index is -0.518. The summed E-state index contributed by atoms with van der Waals surface area (Å²) in [7, 11) is 0. The summed E-state index contributed by atoms with van der Waals surface area (Å²) in [5, 5.41) is 0. The zero-order chi connectivity index (χ0) is 12.4. The highest BCUT2D eigenvalue weighted by molar-refractivity contribution is 5.99. The third kappa shape index (κ3) is 2.19. The van der Waals surface area contributed by atoms with Crippen LogP contribution in [0.3, 0.4) is 0 Å². The number of hydrogen-bond donors (Lipinski definition) is 2. The largest absolute Gasteiger partial charge is 0.330 e. The van der Waals surface area contributed by atoms with Crippen molar-refractivity contribution >= 4 is 5.78 Å². The molecule has 0 fully saturated rings. The SMILES string of the molecule is CC(N)C(=O)c1ccc(-n2cc[nH]c2=O)cc1. The van der Waals surface area contributed by atoms with Crippen LogP contribution in [0.2, 0.25) is 0 Å². The van der Waals surface area contributed by atoms with Gasteiger partial charge in [-0.05, 0) is 31.2 Å². The van der Waals surface area contributed by atoms with E-state index in [-0.39, 0.29) is 11.5 Å². The lowest BCUT2D eigenvalue weighted by atomic mass is 10.1. The Morgan fingerprint density at radius 1 is 1.35 bits per heavy atom. The van der Waals surface area contributed by atoms with E-state index >= 15 is 0 Å². The molecule has 0 saturated heterocycles. The highest BCUT2D eigenvalue weighted by Gasteiger charge is 2.10. The van der Waals surface area contributed by atoms with Gasteiger partial charge in [-0.3, -0.25) is 9.36 Å². The molecular formula is C12H13N3O2. The molecule has 5 nitrogen and oxygen atoms in total. The van der Waals surface area contributed by atoms with Crippen LogP contribution in [0.1, 0.15) is 17.3 Å². The van der Waals surface area contributed by atoms with E-state index in [0.29, 0.717) is 11.3 Å². The summed E-state index contributed by atoms with van der Waals surface area (Å²) in [5.41, 5.74) is 6.56. The first kappa shape index (κ1) is 11.3. The van der Waals surface area contributed by atoms with Crippen LogP contribution in [-0.4, -0.2) is 21.4 Å². The molecule has 0 aliphatic heterocycles. The van der Waals surface area contributed by atoms with Gasteiger partial charge in [0.05, 0.1) is 11.7 Å². The van der Waals surface area contributed by atoms with Gasteiger partial charge in [0, 0.05) is 18.0 Å². The minimum Gasteiger partial charge on any atom is -0.321 e. The van der Waals surface area contributed by atoms with Gasteiger partial charge in [-0.1, -0.05) is 0 Å². The number of nitrogens with zero attached hydrogens (tertiary/aromatic N) is 1. The average Bonchev–Trinajstić information content (AvgIpc) is 2.74. The first-order chi connectivity index (χ1) is 8.09. The van der Waals surface area contributed by atoms with Gasteiger partial charge in [0.1, 0.15) is 0 Å². The maximum absolute atomic E-state index is 11.6. The molecule has 2 aromatic rings. The fourth-order valence-electron chi connectivity index (χ4n) is 1.57. The molecule has 5 heteroatoms. The number of hydrogen-bond acceptors (Lipinski definition) is 3. The second kappa shape index (κ2) is 4.39. The van der Waals surface area contributed by atoms with Crippen molar-refractivity contribution in [2.24, 2.45) is 5.73 Å². The third-order valence-electron chi connectivity index (χ3n) is 2.49. The van der Waals surface area contributed by atoms with Crippen molar-refractivity contribution in [1.29, 1.82) is 0 Å². The van der Waals surface area contributed by atoms with Gasteiger partial charge in [-0.2, -0.15) is 0 Å². The van der Waals surface area contributed by atoms with Crippen LogP contribution < -0.4 is 11.4 Å². The number of carbonyl (C=O) groups excluding carboxylic acids is 1. The van der Waals surface area contributed by atoms with Crippen molar-refractivity contribution in [1.82, 2.24) is 9.55 Å². The van der Waals surface area contributed by atoms with E-state index in [0.717, 1.165) is 0 Å². The van der Waals surface area contributed by atoms with E-state index in [1.54, 1.807) is 43.6 Å². The number of rotatable bonds is 3. The molecule has 1 heterocycles. The van der Waals surface area contributed by atoms with Gasteiger partial charge in [0.25, 0.3) is 0 Å². The van der Waals surface area contributed by atoms with Gasteiger partial charge in [0.2, 0.25) is 0 Å². The zero-order valence-corrected chi connectivity index (χ0v) is 9.38. The number of carbonyl (C=O) groups is 1. The summed E-state index contributed by atoms with van der Waals surface area (Å²) in [4.78, 5) is 25.5. The van der Waals surface area contributed by atoms with Gasteiger partial charge in [0.15, 0.2) is 5.78 Å². The summed E-state index contributed by atoms with van der Waals surface area (Å²) in [6.07, 6.45) is 3.19. The molecule has 1 aromatic carbocycles. The minimum absolute atomic E-state index is 0.113. The molecule has 0 amide bonds. The Balaban J connectivity index is 2.34. The smallest absolute Gasteiger partial charge is 0.321 e. The number of aromatic nitrogens is 2. The lowest BCUT2D eigenvalue weighted by Gasteiger charge is -2.05. The molecule has 2 rings (SSSR count). The predicted octanol–water partition coefficient (Wildman–Crippen LogP) is 0.696. The molecule has 3 N–H and O–H groups in total. The molecule has 1 aromatic heterocycles. The van der Waals surface area contributed by atoms with E-state index in [2.05, 4.69) is 4.98 Å². The Kier molecular flexibility index (Phi) is 2.93. The number of benzene rings is 1. The van der Waals surface area contributed by atoms with Gasteiger partial charge >= 0.3 is 5.69 Å². The van der Waals surface area contributed by atoms with E-state index in [4.69, 9.17) is 5.73 Å². The standard InChI is InChI=1S/C12H13N3O2/c1-8(13)11(16)9-2-4-10(5-3-9)15-7-6-14-12(15)17/h2-8H,13H2,1H3,(H,14,17). The quantitative estimate of drug-likeness (QED) is 0.763. The molecule has 0 aliphatic carbocycles. The van der Waals surface area contributed by atoms with Crippen LogP contribution in [0, 0.1) is 0 Å². The van der Waals surface area contributed by atoms with Crippen LogP contribution in [0.5, 0.6) is 0 Å². The Hall–Kier alpha value is -2.14. The van der Waals surface area contributed by atoms with Crippen LogP contribution in [0.15, 0.2) is 41.5 Å². The summed E-state index contributed by atoms with van der Waals surface area (Å²) in [6, 6.07) is 6.24. The molecule has 0 saturated carbocycles. The topological polar surface area (TPSA) is 80.9 Å². The van der Waals surface area contributed by atoms with Crippen molar-refractivity contribution in [2.45, 2.75) is 13.0 Å². The highest BCUT2D eigenvalue weighted by Crippen LogP contribution is 2.09. The fraction of sp³-hybridized carbons (Fsp3) is 0.167. The number of Topliss-reactive ketones (excluding diaryl/α,β-unsaturated/α-hetero) is 1. The highest BCUT2D eigenvalue weighted by atomic mass is 16.1. The fourth-order valence-corrected chi connectivity index (χ4v) is 1.57. The van der Waals surface area contributed by atoms with Gasteiger partial charge in [-0.15, -0.1) is 0 Å². The first-order valence-corrected chi connectivity index (χ1v) is 5.26. The summed E-state index contributed by atoms with van der Waals surface area (Å²) < 4.78 is 1.46. The van der Waals surface area contributed by atoms with Crippen molar-refractivity contribution in [2.75, 3.05) is 0 Å². The molecule has 0 aliphatic rings. The van der Waals surface area contributed by atoms with E-state index in [9.17, 15) is 9.59 Å². The molecule has 88 valence electrons. The van der Waals surface area contributed by atoms with Crippen LogP contribution in [-0.2, 0) is 0 Å². The Morgan fingerprint density at radius 2 is 2.00 bits per heavy atom. The Bertz CT molecular complexity index is 578. The van der Waals surface area contributed by atoms with Crippen molar-refractivity contribution in [3.05, 3.63) is 52.7 Å². The Morgan fingerprint density at radius 3 is 2.47 bits per heavy atom. The lowest BCUT2D eigenvalue weighted by Crippen LogP contribution is -2.26. The Labute approximate surface area is 97.9 Å². The summed E-state index contributed by atoms with van der Waals surface area (Å²) in [6.45, 7) is 1.65.